The molecule has 0 radical (unpaired) electrons. The van der Waals surface area contributed by atoms with E-state index in [0.717, 1.165) is 6.26 Å². The number of piperazine rings is 1. The minimum Gasteiger partial charge on any atom is -0.362 e. The Hall–Kier alpha value is -3.67. The molecule has 0 atom stereocenters. The van der Waals surface area contributed by atoms with Gasteiger partial charge in [-0.15, -0.1) is 0 Å². The molecule has 12 heteroatoms. The lowest BCUT2D eigenvalue weighted by Gasteiger charge is -2.35. The third-order valence-electron chi connectivity index (χ3n) is 5.29. The van der Waals surface area contributed by atoms with Crippen LogP contribution in [0.15, 0.2) is 36.4 Å². The first-order valence-electron chi connectivity index (χ1n) is 10.1. The lowest BCUT2D eigenvalue weighted by Crippen LogP contribution is -2.48. The average molecular weight is 476 g/mol. The highest BCUT2D eigenvalue weighted by Crippen LogP contribution is 2.31. The van der Waals surface area contributed by atoms with Gasteiger partial charge in [-0.05, 0) is 36.8 Å². The van der Waals surface area contributed by atoms with Crippen LogP contribution in [0.2, 0.25) is 0 Å². The number of aryl methyl sites for hydroxylation is 1. The largest absolute Gasteiger partial charge is 0.362 e. The summed E-state index contributed by atoms with van der Waals surface area (Å²) >= 11 is 0. The number of nitro groups is 1. The molecular formula is C21H25N5O6S. The molecule has 1 aliphatic rings. The Kier molecular flexibility index (Phi) is 6.86. The van der Waals surface area contributed by atoms with Gasteiger partial charge in [-0.2, -0.15) is 0 Å². The summed E-state index contributed by atoms with van der Waals surface area (Å²) in [6.45, 7) is 5.03. The van der Waals surface area contributed by atoms with Gasteiger partial charge < -0.3 is 15.1 Å². The van der Waals surface area contributed by atoms with Crippen molar-refractivity contribution < 1.29 is 22.9 Å². The molecule has 1 saturated heterocycles. The van der Waals surface area contributed by atoms with Crippen LogP contribution in [0.4, 0.5) is 22.7 Å². The molecule has 2 aromatic carbocycles. The maximum absolute atomic E-state index is 12.7. The van der Waals surface area contributed by atoms with Gasteiger partial charge in [0.2, 0.25) is 15.9 Å². The molecule has 0 spiro atoms. The SMILES string of the molecule is CC(=O)N1CCN(c2ccc(C(=O)Nc3ccc(C)c(NS(C)(=O)=O)c3)cc2[N+](=O)[O-])CC1. The van der Waals surface area contributed by atoms with Crippen molar-refractivity contribution >= 4 is 44.6 Å². The number of nitro benzene ring substituents is 1. The number of amides is 2. The van der Waals surface area contributed by atoms with Crippen molar-refractivity contribution in [1.29, 1.82) is 0 Å². The molecule has 2 aromatic rings. The molecule has 3 rings (SSSR count). The van der Waals surface area contributed by atoms with Gasteiger partial charge in [0.25, 0.3) is 11.6 Å². The molecule has 0 saturated carbocycles. The summed E-state index contributed by atoms with van der Waals surface area (Å²) in [4.78, 5) is 38.9. The smallest absolute Gasteiger partial charge is 0.293 e. The molecule has 0 aromatic heterocycles. The monoisotopic (exact) mass is 475 g/mol. The zero-order valence-corrected chi connectivity index (χ0v) is 19.3. The van der Waals surface area contributed by atoms with Crippen LogP contribution < -0.4 is 14.9 Å². The summed E-state index contributed by atoms with van der Waals surface area (Å²) in [7, 11) is -3.50. The quantitative estimate of drug-likeness (QED) is 0.482. The molecule has 1 fully saturated rings. The van der Waals surface area contributed by atoms with Crippen LogP contribution in [0.1, 0.15) is 22.8 Å². The summed E-state index contributed by atoms with van der Waals surface area (Å²) in [5, 5.41) is 14.3. The van der Waals surface area contributed by atoms with E-state index in [1.165, 1.54) is 31.2 Å². The van der Waals surface area contributed by atoms with Crippen molar-refractivity contribution in [3.63, 3.8) is 0 Å². The van der Waals surface area contributed by atoms with Crippen molar-refractivity contribution in [3.8, 4) is 0 Å². The molecule has 0 bridgehead atoms. The van der Waals surface area contributed by atoms with Crippen LogP contribution in [0.3, 0.4) is 0 Å². The number of hydrogen-bond acceptors (Lipinski definition) is 7. The molecule has 176 valence electrons. The molecule has 1 heterocycles. The number of nitrogens with zero attached hydrogens (tertiary/aromatic N) is 3. The number of carbonyl (C=O) groups excluding carboxylic acids is 2. The third-order valence-corrected chi connectivity index (χ3v) is 5.88. The summed E-state index contributed by atoms with van der Waals surface area (Å²) in [6.07, 6.45) is 1.03. The zero-order valence-electron chi connectivity index (χ0n) is 18.5. The van der Waals surface area contributed by atoms with Crippen molar-refractivity contribution in [2.45, 2.75) is 13.8 Å². The van der Waals surface area contributed by atoms with E-state index in [1.54, 1.807) is 24.0 Å². The van der Waals surface area contributed by atoms with E-state index in [2.05, 4.69) is 10.0 Å². The first kappa shape index (κ1) is 24.0. The highest BCUT2D eigenvalue weighted by molar-refractivity contribution is 7.92. The van der Waals surface area contributed by atoms with E-state index in [0.29, 0.717) is 48.8 Å². The molecule has 1 aliphatic heterocycles. The van der Waals surface area contributed by atoms with E-state index >= 15 is 0 Å². The lowest BCUT2D eigenvalue weighted by molar-refractivity contribution is -0.384. The van der Waals surface area contributed by atoms with Crippen LogP contribution in [-0.4, -0.2) is 62.5 Å². The number of nitrogens with one attached hydrogen (secondary N) is 2. The van der Waals surface area contributed by atoms with Gasteiger partial charge in [0.1, 0.15) is 5.69 Å². The molecule has 33 heavy (non-hydrogen) atoms. The maximum Gasteiger partial charge on any atom is 0.293 e. The minimum absolute atomic E-state index is 0.0397. The molecule has 0 aliphatic carbocycles. The molecular weight excluding hydrogens is 450 g/mol. The van der Waals surface area contributed by atoms with Crippen molar-refractivity contribution in [2.24, 2.45) is 0 Å². The van der Waals surface area contributed by atoms with Crippen molar-refractivity contribution in [2.75, 3.05) is 47.4 Å². The van der Waals surface area contributed by atoms with Gasteiger partial charge in [-0.1, -0.05) is 6.07 Å². The summed E-state index contributed by atoms with van der Waals surface area (Å²) in [6, 6.07) is 8.98. The number of carbonyl (C=O) groups is 2. The molecule has 11 nitrogen and oxygen atoms in total. The second kappa shape index (κ2) is 9.45. The number of anilines is 3. The van der Waals surface area contributed by atoms with Gasteiger partial charge in [-0.3, -0.25) is 24.4 Å². The number of rotatable bonds is 6. The van der Waals surface area contributed by atoms with Crippen LogP contribution in [0, 0.1) is 17.0 Å². The van der Waals surface area contributed by atoms with Crippen molar-refractivity contribution in [1.82, 2.24) is 4.90 Å². The summed E-state index contributed by atoms with van der Waals surface area (Å²) < 4.78 is 25.5. The second-order valence-corrected chi connectivity index (χ2v) is 9.56. The van der Waals surface area contributed by atoms with Gasteiger partial charge in [0.05, 0.1) is 16.9 Å². The first-order chi connectivity index (χ1) is 15.4. The lowest BCUT2D eigenvalue weighted by atomic mass is 10.1. The van der Waals surface area contributed by atoms with Gasteiger partial charge >= 0.3 is 0 Å². The van der Waals surface area contributed by atoms with E-state index in [9.17, 15) is 28.1 Å². The fraction of sp³-hybridized carbons (Fsp3) is 0.333. The van der Waals surface area contributed by atoms with Gasteiger partial charge in [-0.25, -0.2) is 8.42 Å². The summed E-state index contributed by atoms with van der Waals surface area (Å²) in [5.74, 6) is -0.609. The first-order valence-corrected chi connectivity index (χ1v) is 12.0. The average Bonchev–Trinajstić information content (AvgIpc) is 2.74. The summed E-state index contributed by atoms with van der Waals surface area (Å²) in [5.41, 5.74) is 1.59. The highest BCUT2D eigenvalue weighted by Gasteiger charge is 2.26. The van der Waals surface area contributed by atoms with Crippen LogP contribution in [-0.2, 0) is 14.8 Å². The van der Waals surface area contributed by atoms with Gasteiger partial charge in [0.15, 0.2) is 0 Å². The number of hydrogen-bond donors (Lipinski definition) is 2. The molecule has 0 unspecified atom stereocenters. The Morgan fingerprint density at radius 1 is 1.06 bits per heavy atom. The fourth-order valence-corrected chi connectivity index (χ4v) is 4.17. The van der Waals surface area contributed by atoms with E-state index < -0.39 is 20.9 Å². The van der Waals surface area contributed by atoms with E-state index in [4.69, 9.17) is 0 Å². The Morgan fingerprint density at radius 2 is 1.73 bits per heavy atom. The van der Waals surface area contributed by atoms with E-state index in [-0.39, 0.29) is 17.2 Å². The third kappa shape index (κ3) is 5.98. The predicted octanol–water partition coefficient (Wildman–Crippen LogP) is 2.20. The Labute approximate surface area is 191 Å². The van der Waals surface area contributed by atoms with Crippen molar-refractivity contribution in [3.05, 3.63) is 57.6 Å². The molecule has 2 N–H and O–H groups in total. The predicted molar refractivity (Wildman–Crippen MR) is 125 cm³/mol. The van der Waals surface area contributed by atoms with Gasteiger partial charge in [0, 0.05) is 50.4 Å². The number of sulfonamides is 1. The minimum atomic E-state index is -3.50. The second-order valence-electron chi connectivity index (χ2n) is 7.81. The standard InChI is InChI=1S/C21H25N5O6S/c1-14-4-6-17(13-18(14)23-33(3,31)32)22-21(28)16-5-7-19(20(12-16)26(29)30)25-10-8-24(9-11-25)15(2)27/h4-7,12-13,23H,8-11H2,1-3H3,(H,22,28). The number of benzene rings is 2. The highest BCUT2D eigenvalue weighted by atomic mass is 32.2. The Morgan fingerprint density at radius 3 is 2.30 bits per heavy atom. The topological polar surface area (TPSA) is 142 Å². The van der Waals surface area contributed by atoms with Crippen LogP contribution in [0.5, 0.6) is 0 Å². The fourth-order valence-electron chi connectivity index (χ4n) is 3.55. The Balaban J connectivity index is 1.81. The normalized spacial score (nSPS) is 14.0. The van der Waals surface area contributed by atoms with E-state index in [1.807, 2.05) is 4.90 Å². The van der Waals surface area contributed by atoms with Crippen LogP contribution in [0.25, 0.3) is 0 Å². The maximum atomic E-state index is 12.7. The zero-order chi connectivity index (χ0) is 24.3. The Bertz CT molecular complexity index is 1210. The van der Waals surface area contributed by atoms with Crippen LogP contribution >= 0.6 is 0 Å². The molecule has 2 amide bonds.